The third-order valence-corrected chi connectivity index (χ3v) is 4.44. The van der Waals surface area contributed by atoms with Crippen LogP contribution in [-0.2, 0) is 0 Å². The number of benzene rings is 2. The van der Waals surface area contributed by atoms with Crippen molar-refractivity contribution < 1.29 is 0 Å². The van der Waals surface area contributed by atoms with Crippen LogP contribution in [0, 0.1) is 13.8 Å². The van der Waals surface area contributed by atoms with E-state index >= 15 is 0 Å². The third kappa shape index (κ3) is 2.59. The van der Waals surface area contributed by atoms with Gasteiger partial charge in [0.25, 0.3) is 0 Å². The maximum absolute atomic E-state index is 6.15. The lowest BCUT2D eigenvalue weighted by molar-refractivity contribution is 0.873. The fourth-order valence-corrected chi connectivity index (χ4v) is 3.10. The molecule has 0 atom stereocenters. The van der Waals surface area contributed by atoms with Crippen LogP contribution < -0.4 is 5.73 Å². The van der Waals surface area contributed by atoms with Gasteiger partial charge >= 0.3 is 0 Å². The number of hydrogen-bond donors (Lipinski definition) is 2. The molecule has 0 unspecified atom stereocenters. The van der Waals surface area contributed by atoms with Gasteiger partial charge in [0.05, 0.1) is 23.1 Å². The molecule has 0 amide bonds. The Bertz CT molecular complexity index is 1040. The fraction of sp³-hybridized carbons (Fsp3) is 0.100. The Morgan fingerprint density at radius 2 is 1.68 bits per heavy atom. The Morgan fingerprint density at radius 3 is 2.44 bits per heavy atom. The van der Waals surface area contributed by atoms with Crippen molar-refractivity contribution in [2.24, 2.45) is 0 Å². The molecule has 2 heterocycles. The van der Waals surface area contributed by atoms with Crippen LogP contribution in [-0.4, -0.2) is 20.0 Å². The number of nitrogen functional groups attached to an aromatic ring is 1. The molecular formula is C20H19N5. The van der Waals surface area contributed by atoms with Crippen LogP contribution >= 0.6 is 0 Å². The number of H-pyrrole nitrogens is 1. The van der Waals surface area contributed by atoms with Gasteiger partial charge in [-0.2, -0.15) is 10.2 Å². The number of nitrogens with one attached hydrogen (secondary N) is 1. The average Bonchev–Trinajstić information content (AvgIpc) is 3.23. The summed E-state index contributed by atoms with van der Waals surface area (Å²) >= 11 is 0. The second-order valence-corrected chi connectivity index (χ2v) is 6.13. The summed E-state index contributed by atoms with van der Waals surface area (Å²) in [4.78, 5) is 0. The zero-order valence-corrected chi connectivity index (χ0v) is 14.2. The normalized spacial score (nSPS) is 11.0. The lowest BCUT2D eigenvalue weighted by Crippen LogP contribution is -1.96. The van der Waals surface area contributed by atoms with Crippen LogP contribution in [0.2, 0.25) is 0 Å². The molecule has 0 fully saturated rings. The Hall–Kier alpha value is -3.34. The maximum Gasteiger partial charge on any atom is 0.153 e. The van der Waals surface area contributed by atoms with Gasteiger partial charge in [-0.25, -0.2) is 4.68 Å². The summed E-state index contributed by atoms with van der Waals surface area (Å²) in [7, 11) is 0. The largest absolute Gasteiger partial charge is 0.382 e. The second-order valence-electron chi connectivity index (χ2n) is 6.13. The molecule has 0 aliphatic heterocycles. The Kier molecular flexibility index (Phi) is 3.61. The number of aryl methyl sites for hydroxylation is 2. The van der Waals surface area contributed by atoms with Gasteiger partial charge in [0.15, 0.2) is 5.82 Å². The number of para-hydroxylation sites is 1. The zero-order valence-electron chi connectivity index (χ0n) is 14.2. The molecule has 0 saturated heterocycles. The van der Waals surface area contributed by atoms with Crippen molar-refractivity contribution in [2.75, 3.05) is 5.73 Å². The van der Waals surface area contributed by atoms with E-state index in [1.807, 2.05) is 41.3 Å². The van der Waals surface area contributed by atoms with Gasteiger partial charge in [-0.1, -0.05) is 42.5 Å². The molecule has 0 bridgehead atoms. The Labute approximate surface area is 146 Å². The monoisotopic (exact) mass is 329 g/mol. The minimum absolute atomic E-state index is 0.493. The standard InChI is InChI=1S/C20H19N5/c1-13-7-3-5-9-16(13)18-19(23-24-20(18)21)15-11-22-25(12-15)17-10-6-4-8-14(17)2/h3-12H,1-2H3,(H3,21,23,24). The van der Waals surface area contributed by atoms with Crippen molar-refractivity contribution in [3.05, 3.63) is 72.1 Å². The number of hydrogen-bond acceptors (Lipinski definition) is 3. The molecule has 5 heteroatoms. The summed E-state index contributed by atoms with van der Waals surface area (Å²) in [5.74, 6) is 0.493. The van der Waals surface area contributed by atoms with E-state index < -0.39 is 0 Å². The minimum atomic E-state index is 0.493. The highest BCUT2D eigenvalue weighted by Gasteiger charge is 2.17. The predicted molar refractivity (Wildman–Crippen MR) is 100 cm³/mol. The van der Waals surface area contributed by atoms with Gasteiger partial charge in [0.2, 0.25) is 0 Å². The van der Waals surface area contributed by atoms with E-state index in [2.05, 4.69) is 53.4 Å². The summed E-state index contributed by atoms with van der Waals surface area (Å²) in [6.07, 6.45) is 3.83. The Morgan fingerprint density at radius 1 is 0.960 bits per heavy atom. The van der Waals surface area contributed by atoms with Crippen molar-refractivity contribution >= 4 is 5.82 Å². The van der Waals surface area contributed by atoms with E-state index in [1.54, 1.807) is 0 Å². The zero-order chi connectivity index (χ0) is 17.4. The number of aromatic amines is 1. The topological polar surface area (TPSA) is 72.5 Å². The molecule has 0 spiro atoms. The van der Waals surface area contributed by atoms with Crippen LogP contribution in [0.5, 0.6) is 0 Å². The molecule has 25 heavy (non-hydrogen) atoms. The molecule has 0 radical (unpaired) electrons. The van der Waals surface area contributed by atoms with Gasteiger partial charge in [-0.05, 0) is 36.6 Å². The van der Waals surface area contributed by atoms with Crippen molar-refractivity contribution in [1.29, 1.82) is 0 Å². The molecule has 3 N–H and O–H groups in total. The molecule has 2 aromatic carbocycles. The van der Waals surface area contributed by atoms with Crippen molar-refractivity contribution in [3.63, 3.8) is 0 Å². The number of nitrogens with two attached hydrogens (primary N) is 1. The third-order valence-electron chi connectivity index (χ3n) is 4.44. The molecule has 124 valence electrons. The highest BCUT2D eigenvalue weighted by atomic mass is 15.3. The van der Waals surface area contributed by atoms with E-state index in [4.69, 9.17) is 5.73 Å². The summed E-state index contributed by atoms with van der Waals surface area (Å²) < 4.78 is 1.88. The molecule has 4 rings (SSSR count). The quantitative estimate of drug-likeness (QED) is 0.593. The highest BCUT2D eigenvalue weighted by Crippen LogP contribution is 2.36. The summed E-state index contributed by atoms with van der Waals surface area (Å²) in [5.41, 5.74) is 13.4. The fourth-order valence-electron chi connectivity index (χ4n) is 3.10. The summed E-state index contributed by atoms with van der Waals surface area (Å²) in [5, 5.41) is 11.8. The molecule has 2 aromatic heterocycles. The van der Waals surface area contributed by atoms with Gasteiger partial charge in [0, 0.05) is 11.8 Å². The van der Waals surface area contributed by atoms with Gasteiger partial charge < -0.3 is 5.73 Å². The molecule has 0 saturated carbocycles. The lowest BCUT2D eigenvalue weighted by atomic mass is 9.98. The molecule has 5 nitrogen and oxygen atoms in total. The molecule has 0 aliphatic rings. The lowest BCUT2D eigenvalue weighted by Gasteiger charge is -2.07. The van der Waals surface area contributed by atoms with Crippen LogP contribution in [0.1, 0.15) is 11.1 Å². The SMILES string of the molecule is Cc1ccccc1-c1c(N)n[nH]c1-c1cnn(-c2ccccc2C)c1. The van der Waals surface area contributed by atoms with Crippen molar-refractivity contribution in [2.45, 2.75) is 13.8 Å². The average molecular weight is 329 g/mol. The second kappa shape index (κ2) is 5.94. The highest BCUT2D eigenvalue weighted by molar-refractivity contribution is 5.88. The van der Waals surface area contributed by atoms with Gasteiger partial charge in [-0.15, -0.1) is 0 Å². The van der Waals surface area contributed by atoms with E-state index in [0.717, 1.165) is 33.6 Å². The molecular weight excluding hydrogens is 310 g/mol. The maximum atomic E-state index is 6.15. The van der Waals surface area contributed by atoms with Crippen LogP contribution in [0.15, 0.2) is 60.9 Å². The summed E-state index contributed by atoms with van der Waals surface area (Å²) in [6.45, 7) is 4.14. The van der Waals surface area contributed by atoms with Crippen molar-refractivity contribution in [3.8, 4) is 28.1 Å². The van der Waals surface area contributed by atoms with E-state index in [1.165, 1.54) is 5.56 Å². The smallest absolute Gasteiger partial charge is 0.153 e. The van der Waals surface area contributed by atoms with E-state index in [9.17, 15) is 0 Å². The van der Waals surface area contributed by atoms with Crippen molar-refractivity contribution in [1.82, 2.24) is 20.0 Å². The summed E-state index contributed by atoms with van der Waals surface area (Å²) in [6, 6.07) is 16.3. The van der Waals surface area contributed by atoms with E-state index in [-0.39, 0.29) is 0 Å². The number of nitrogens with zero attached hydrogens (tertiary/aromatic N) is 3. The first-order valence-electron chi connectivity index (χ1n) is 8.16. The van der Waals surface area contributed by atoms with Crippen LogP contribution in [0.4, 0.5) is 5.82 Å². The minimum Gasteiger partial charge on any atom is -0.382 e. The molecule has 4 aromatic rings. The van der Waals surface area contributed by atoms with Gasteiger partial charge in [0.1, 0.15) is 0 Å². The predicted octanol–water partition coefficient (Wildman–Crippen LogP) is 4.13. The van der Waals surface area contributed by atoms with E-state index in [0.29, 0.717) is 5.82 Å². The Balaban J connectivity index is 1.83. The van der Waals surface area contributed by atoms with Crippen LogP contribution in [0.3, 0.4) is 0 Å². The number of rotatable bonds is 3. The number of anilines is 1. The first kappa shape index (κ1) is 15.2. The van der Waals surface area contributed by atoms with Gasteiger partial charge in [-0.3, -0.25) is 5.10 Å². The number of aromatic nitrogens is 4. The van der Waals surface area contributed by atoms with Crippen LogP contribution in [0.25, 0.3) is 28.1 Å². The molecule has 0 aliphatic carbocycles. The first-order chi connectivity index (χ1) is 12.1. The first-order valence-corrected chi connectivity index (χ1v) is 8.16.